The van der Waals surface area contributed by atoms with Gasteiger partial charge in [0.15, 0.2) is 0 Å². The predicted molar refractivity (Wildman–Crippen MR) is 57.6 cm³/mol. The van der Waals surface area contributed by atoms with Crippen LogP contribution in [0.25, 0.3) is 0 Å². The number of nitrogens with one attached hydrogen (secondary N) is 2. The van der Waals surface area contributed by atoms with Crippen LogP contribution in [0.4, 0.5) is 0 Å². The van der Waals surface area contributed by atoms with E-state index >= 15 is 0 Å². The lowest BCUT2D eigenvalue weighted by Crippen LogP contribution is -2.56. The van der Waals surface area contributed by atoms with Gasteiger partial charge in [0.05, 0.1) is 31.7 Å². The van der Waals surface area contributed by atoms with Gasteiger partial charge < -0.3 is 15.3 Å². The van der Waals surface area contributed by atoms with E-state index in [0.717, 1.165) is 6.20 Å². The van der Waals surface area contributed by atoms with E-state index in [0.29, 0.717) is 5.69 Å². The third-order valence-corrected chi connectivity index (χ3v) is 4.02. The minimum Gasteiger partial charge on any atom is -0.394 e. The highest BCUT2D eigenvalue weighted by Crippen LogP contribution is 2.14. The molecule has 0 amide bonds. The molecule has 98 valence electrons. The summed E-state index contributed by atoms with van der Waals surface area (Å²) < 4.78 is 25.9. The lowest BCUT2D eigenvalue weighted by atomic mass is 10.1. The first-order valence-electron chi connectivity index (χ1n) is 4.77. The monoisotopic (exact) mass is 265 g/mol. The molecule has 9 heteroatoms. The largest absolute Gasteiger partial charge is 0.394 e. The lowest BCUT2D eigenvalue weighted by Gasteiger charge is -2.27. The van der Waals surface area contributed by atoms with Gasteiger partial charge in [0, 0.05) is 0 Å². The van der Waals surface area contributed by atoms with Crippen molar-refractivity contribution in [2.24, 2.45) is 0 Å². The Morgan fingerprint density at radius 1 is 1.35 bits per heavy atom. The van der Waals surface area contributed by atoms with E-state index in [2.05, 4.69) is 14.9 Å². The number of aryl methyl sites for hydroxylation is 1. The highest BCUT2D eigenvalue weighted by Gasteiger charge is 2.34. The summed E-state index contributed by atoms with van der Waals surface area (Å²) in [6.07, 6.45) is 1.11. The summed E-state index contributed by atoms with van der Waals surface area (Å²) in [5.41, 5.74) is -1.37. The Kier molecular flexibility index (Phi) is 4.22. The second kappa shape index (κ2) is 5.10. The van der Waals surface area contributed by atoms with Crippen molar-refractivity contribution in [3.05, 3.63) is 11.9 Å². The van der Waals surface area contributed by atoms with Crippen molar-refractivity contribution in [3.8, 4) is 0 Å². The molecule has 1 aromatic heterocycles. The van der Waals surface area contributed by atoms with Gasteiger partial charge in [-0.05, 0) is 6.92 Å². The Morgan fingerprint density at radius 3 is 2.24 bits per heavy atom. The van der Waals surface area contributed by atoms with Crippen molar-refractivity contribution in [1.82, 2.24) is 14.9 Å². The SMILES string of the molecule is Cc1[nH]ncc1S(=O)(=O)NC(CO)(CO)CO. The molecule has 0 unspecified atom stereocenters. The maximum Gasteiger partial charge on any atom is 0.244 e. The van der Waals surface area contributed by atoms with Crippen molar-refractivity contribution in [3.63, 3.8) is 0 Å². The Morgan fingerprint density at radius 2 is 1.88 bits per heavy atom. The zero-order chi connectivity index (χ0) is 13.1. The van der Waals surface area contributed by atoms with Gasteiger partial charge in [-0.25, -0.2) is 8.42 Å². The van der Waals surface area contributed by atoms with Crippen molar-refractivity contribution in [1.29, 1.82) is 0 Å². The van der Waals surface area contributed by atoms with E-state index in [9.17, 15) is 8.42 Å². The summed E-state index contributed by atoms with van der Waals surface area (Å²) in [7, 11) is -3.97. The molecule has 0 aliphatic heterocycles. The Hall–Kier alpha value is -1.00. The lowest BCUT2D eigenvalue weighted by molar-refractivity contribution is 0.0582. The van der Waals surface area contributed by atoms with Crippen LogP contribution in [0, 0.1) is 6.92 Å². The van der Waals surface area contributed by atoms with Gasteiger partial charge in [0.1, 0.15) is 10.4 Å². The quantitative estimate of drug-likeness (QED) is 0.393. The van der Waals surface area contributed by atoms with Crippen molar-refractivity contribution in [2.75, 3.05) is 19.8 Å². The summed E-state index contributed by atoms with van der Waals surface area (Å²) in [6.45, 7) is -0.664. The molecule has 5 N–H and O–H groups in total. The van der Waals surface area contributed by atoms with Crippen LogP contribution in [0.2, 0.25) is 0 Å². The molecule has 0 radical (unpaired) electrons. The molecule has 0 aliphatic rings. The standard InChI is InChI=1S/C8H15N3O5S/c1-6-7(2-9-10-6)17(15,16)11-8(3-12,4-13)5-14/h2,11-14H,3-5H2,1H3,(H,9,10). The van der Waals surface area contributed by atoms with Crippen molar-refractivity contribution >= 4 is 10.0 Å². The number of nitrogens with zero attached hydrogens (tertiary/aromatic N) is 1. The van der Waals surface area contributed by atoms with Crippen LogP contribution < -0.4 is 4.72 Å². The molecule has 17 heavy (non-hydrogen) atoms. The van der Waals surface area contributed by atoms with Crippen LogP contribution in [-0.4, -0.2) is 59.3 Å². The second-order valence-corrected chi connectivity index (χ2v) is 5.37. The maximum atomic E-state index is 11.9. The minimum absolute atomic E-state index is 0.0998. The Balaban J connectivity index is 3.05. The first-order chi connectivity index (χ1) is 7.90. The minimum atomic E-state index is -3.97. The van der Waals surface area contributed by atoms with E-state index in [1.807, 2.05) is 0 Å². The number of hydrogen-bond acceptors (Lipinski definition) is 6. The van der Waals surface area contributed by atoms with Crippen LogP contribution in [0.1, 0.15) is 5.69 Å². The molecule has 0 bridgehead atoms. The number of aromatic nitrogens is 2. The number of H-pyrrole nitrogens is 1. The highest BCUT2D eigenvalue weighted by atomic mass is 32.2. The zero-order valence-corrected chi connectivity index (χ0v) is 10.0. The second-order valence-electron chi connectivity index (χ2n) is 3.72. The molecule has 0 aromatic carbocycles. The number of hydrogen-bond donors (Lipinski definition) is 5. The summed E-state index contributed by atoms with van der Waals surface area (Å²) >= 11 is 0. The van der Waals surface area contributed by atoms with Gasteiger partial charge in [-0.15, -0.1) is 0 Å². The first-order valence-corrected chi connectivity index (χ1v) is 6.25. The van der Waals surface area contributed by atoms with Gasteiger partial charge in [0.25, 0.3) is 0 Å². The molecular formula is C8H15N3O5S. The smallest absolute Gasteiger partial charge is 0.244 e. The molecule has 0 saturated carbocycles. The summed E-state index contributed by atoms with van der Waals surface area (Å²) in [6, 6.07) is 0. The molecule has 8 nitrogen and oxygen atoms in total. The average Bonchev–Trinajstić information content (AvgIpc) is 2.73. The molecular weight excluding hydrogens is 250 g/mol. The number of aromatic amines is 1. The number of aliphatic hydroxyl groups excluding tert-OH is 3. The maximum absolute atomic E-state index is 11.9. The van der Waals surface area contributed by atoms with Crippen molar-refractivity contribution in [2.45, 2.75) is 17.4 Å². The van der Waals surface area contributed by atoms with E-state index in [-0.39, 0.29) is 4.90 Å². The third kappa shape index (κ3) is 2.82. The third-order valence-electron chi connectivity index (χ3n) is 2.33. The number of rotatable bonds is 6. The molecule has 1 aromatic rings. The van der Waals surface area contributed by atoms with Gasteiger partial charge >= 0.3 is 0 Å². The normalized spacial score (nSPS) is 12.9. The van der Waals surface area contributed by atoms with Crippen molar-refractivity contribution < 1.29 is 23.7 Å². The fraction of sp³-hybridized carbons (Fsp3) is 0.625. The average molecular weight is 265 g/mol. The molecule has 0 saturated heterocycles. The predicted octanol–water partition coefficient (Wildman–Crippen LogP) is -2.29. The van der Waals surface area contributed by atoms with Crippen LogP contribution in [0.15, 0.2) is 11.1 Å². The van der Waals surface area contributed by atoms with E-state index in [1.54, 1.807) is 0 Å². The van der Waals surface area contributed by atoms with Gasteiger partial charge in [-0.3, -0.25) is 5.10 Å². The van der Waals surface area contributed by atoms with Crippen LogP contribution >= 0.6 is 0 Å². The first kappa shape index (κ1) is 14.1. The molecule has 1 rings (SSSR count). The fourth-order valence-corrected chi connectivity index (χ4v) is 2.71. The Labute approximate surface area is 98.3 Å². The number of sulfonamides is 1. The van der Waals surface area contributed by atoms with E-state index < -0.39 is 35.4 Å². The van der Waals surface area contributed by atoms with E-state index in [1.165, 1.54) is 6.92 Å². The van der Waals surface area contributed by atoms with Crippen LogP contribution in [0.5, 0.6) is 0 Å². The van der Waals surface area contributed by atoms with Gasteiger partial charge in [-0.1, -0.05) is 0 Å². The topological polar surface area (TPSA) is 136 Å². The molecule has 0 spiro atoms. The van der Waals surface area contributed by atoms with E-state index in [4.69, 9.17) is 15.3 Å². The van der Waals surface area contributed by atoms with Gasteiger partial charge in [-0.2, -0.15) is 9.82 Å². The summed E-state index contributed by atoms with van der Waals surface area (Å²) in [5, 5.41) is 33.1. The van der Waals surface area contributed by atoms with Gasteiger partial charge in [0.2, 0.25) is 10.0 Å². The zero-order valence-electron chi connectivity index (χ0n) is 9.21. The number of aliphatic hydroxyl groups is 3. The molecule has 0 aliphatic carbocycles. The Bertz CT molecular complexity index is 457. The molecule has 0 atom stereocenters. The summed E-state index contributed by atoms with van der Waals surface area (Å²) in [5.74, 6) is 0. The summed E-state index contributed by atoms with van der Waals surface area (Å²) in [4.78, 5) is -0.0998. The molecule has 0 fully saturated rings. The van der Waals surface area contributed by atoms with Crippen LogP contribution in [0.3, 0.4) is 0 Å². The molecule has 1 heterocycles. The highest BCUT2D eigenvalue weighted by molar-refractivity contribution is 7.89. The fourth-order valence-electron chi connectivity index (χ4n) is 1.20. The van der Waals surface area contributed by atoms with Crippen LogP contribution in [-0.2, 0) is 10.0 Å².